The highest BCUT2D eigenvalue weighted by Gasteiger charge is 2.14. The molecule has 0 saturated heterocycles. The van der Waals surface area contributed by atoms with E-state index in [0.717, 1.165) is 22.1 Å². The summed E-state index contributed by atoms with van der Waals surface area (Å²) in [5, 5.41) is 6.23. The van der Waals surface area contributed by atoms with Crippen LogP contribution in [0.1, 0.15) is 22.8 Å². The van der Waals surface area contributed by atoms with Crippen LogP contribution in [0.2, 0.25) is 0 Å². The second kappa shape index (κ2) is 8.00. The molecule has 0 fully saturated rings. The van der Waals surface area contributed by atoms with Crippen LogP contribution in [0.25, 0.3) is 10.8 Å². The molecule has 1 amide bonds. The van der Waals surface area contributed by atoms with Crippen LogP contribution in [0.4, 0.5) is 0 Å². The van der Waals surface area contributed by atoms with Crippen molar-refractivity contribution in [2.24, 2.45) is 5.10 Å². The van der Waals surface area contributed by atoms with Gasteiger partial charge in [0.25, 0.3) is 5.91 Å². The van der Waals surface area contributed by atoms with Crippen LogP contribution in [-0.4, -0.2) is 31.9 Å². The maximum Gasteiger partial charge on any atom is 0.271 e. The summed E-state index contributed by atoms with van der Waals surface area (Å²) in [6.45, 7) is 3.45. The lowest BCUT2D eigenvalue weighted by Gasteiger charge is -2.18. The average molecular weight is 376 g/mol. The molecule has 6 nitrogen and oxygen atoms in total. The highest BCUT2D eigenvalue weighted by molar-refractivity contribution is 6.03. The summed E-state index contributed by atoms with van der Waals surface area (Å²) >= 11 is 0. The molecular weight excluding hydrogens is 356 g/mol. The number of hydrogen-bond donors (Lipinski definition) is 1. The Kier molecular flexibility index (Phi) is 5.10. The molecule has 3 aromatic rings. The van der Waals surface area contributed by atoms with Gasteiger partial charge < -0.3 is 14.2 Å². The van der Waals surface area contributed by atoms with Crippen LogP contribution in [0, 0.1) is 0 Å². The van der Waals surface area contributed by atoms with E-state index in [1.165, 1.54) is 0 Å². The highest BCUT2D eigenvalue weighted by Crippen LogP contribution is 2.30. The second-order valence-corrected chi connectivity index (χ2v) is 6.19. The van der Waals surface area contributed by atoms with Crippen molar-refractivity contribution in [2.75, 3.05) is 19.8 Å². The molecule has 28 heavy (non-hydrogen) atoms. The number of amides is 1. The second-order valence-electron chi connectivity index (χ2n) is 6.19. The van der Waals surface area contributed by atoms with Crippen LogP contribution in [-0.2, 0) is 0 Å². The molecular formula is C22H20N2O4. The van der Waals surface area contributed by atoms with Gasteiger partial charge in [0.15, 0.2) is 11.5 Å². The highest BCUT2D eigenvalue weighted by atomic mass is 16.6. The number of nitrogens with zero attached hydrogens (tertiary/aromatic N) is 1. The van der Waals surface area contributed by atoms with Crippen molar-refractivity contribution >= 4 is 22.9 Å². The zero-order chi connectivity index (χ0) is 19.3. The van der Waals surface area contributed by atoms with Gasteiger partial charge in [0.1, 0.15) is 19.0 Å². The smallest absolute Gasteiger partial charge is 0.271 e. The number of fused-ring (bicyclic) bond motifs is 2. The van der Waals surface area contributed by atoms with E-state index in [1.54, 1.807) is 24.4 Å². The molecule has 1 aliphatic heterocycles. The Hall–Kier alpha value is -3.54. The Bertz CT molecular complexity index is 1050. The molecule has 0 atom stereocenters. The molecule has 0 saturated carbocycles. The summed E-state index contributed by atoms with van der Waals surface area (Å²) in [7, 11) is 0. The zero-order valence-electron chi connectivity index (χ0n) is 15.5. The molecule has 4 rings (SSSR count). The minimum Gasteiger partial charge on any atom is -0.493 e. The van der Waals surface area contributed by atoms with Gasteiger partial charge in [-0.15, -0.1) is 0 Å². The average Bonchev–Trinajstić information content (AvgIpc) is 2.74. The first-order valence-electron chi connectivity index (χ1n) is 9.14. The van der Waals surface area contributed by atoms with Gasteiger partial charge in [0.2, 0.25) is 0 Å². The molecule has 6 heteroatoms. The Labute approximate surface area is 162 Å². The number of carbonyl (C=O) groups excluding carboxylic acids is 1. The fourth-order valence-electron chi connectivity index (χ4n) is 3.09. The molecule has 0 bridgehead atoms. The van der Waals surface area contributed by atoms with Gasteiger partial charge in [-0.05, 0) is 42.0 Å². The molecule has 1 N–H and O–H groups in total. The van der Waals surface area contributed by atoms with Gasteiger partial charge in [-0.2, -0.15) is 5.10 Å². The van der Waals surface area contributed by atoms with E-state index < -0.39 is 0 Å². The molecule has 142 valence electrons. The van der Waals surface area contributed by atoms with Crippen molar-refractivity contribution in [1.82, 2.24) is 5.43 Å². The molecule has 0 radical (unpaired) electrons. The van der Waals surface area contributed by atoms with Crippen molar-refractivity contribution in [1.29, 1.82) is 0 Å². The van der Waals surface area contributed by atoms with Crippen molar-refractivity contribution in [2.45, 2.75) is 6.92 Å². The van der Waals surface area contributed by atoms with Gasteiger partial charge in [-0.1, -0.05) is 30.3 Å². The van der Waals surface area contributed by atoms with Crippen LogP contribution < -0.4 is 19.6 Å². The van der Waals surface area contributed by atoms with E-state index in [1.807, 2.05) is 43.3 Å². The standard InChI is InChI=1S/C22H20N2O4/c1-2-26-19-9-7-15-5-3-4-6-17(15)18(19)14-23-24-22(25)16-8-10-20-21(13-16)28-12-11-27-20/h3-10,13-14H,2,11-12H2,1H3,(H,24,25). The summed E-state index contributed by atoms with van der Waals surface area (Å²) in [6.07, 6.45) is 1.61. The van der Waals surface area contributed by atoms with Crippen molar-refractivity contribution in [3.8, 4) is 17.2 Å². The number of hydrazone groups is 1. The van der Waals surface area contributed by atoms with Gasteiger partial charge >= 0.3 is 0 Å². The molecule has 0 aromatic heterocycles. The lowest BCUT2D eigenvalue weighted by atomic mass is 10.0. The lowest BCUT2D eigenvalue weighted by Crippen LogP contribution is -2.19. The Morgan fingerprint density at radius 3 is 2.79 bits per heavy atom. The van der Waals surface area contributed by atoms with Crippen molar-refractivity contribution in [3.05, 3.63) is 65.7 Å². The van der Waals surface area contributed by atoms with Crippen molar-refractivity contribution in [3.63, 3.8) is 0 Å². The minimum atomic E-state index is -0.327. The fraction of sp³-hybridized carbons (Fsp3) is 0.182. The summed E-state index contributed by atoms with van der Waals surface area (Å²) < 4.78 is 16.7. The third-order valence-electron chi connectivity index (χ3n) is 4.39. The van der Waals surface area contributed by atoms with E-state index in [9.17, 15) is 4.79 Å². The normalized spacial score (nSPS) is 12.9. The fourth-order valence-corrected chi connectivity index (χ4v) is 3.09. The number of carbonyl (C=O) groups is 1. The quantitative estimate of drug-likeness (QED) is 0.544. The SMILES string of the molecule is CCOc1ccc2ccccc2c1C=NNC(=O)c1ccc2c(c1)OCCO2. The maximum absolute atomic E-state index is 12.4. The number of nitrogens with one attached hydrogen (secondary N) is 1. The van der Waals surface area contributed by atoms with E-state index in [4.69, 9.17) is 14.2 Å². The van der Waals surface area contributed by atoms with Gasteiger partial charge in [-0.3, -0.25) is 4.79 Å². The first-order chi connectivity index (χ1) is 13.8. The van der Waals surface area contributed by atoms with Crippen LogP contribution in [0.3, 0.4) is 0 Å². The Balaban J connectivity index is 1.56. The molecule has 1 heterocycles. The first kappa shape index (κ1) is 17.9. The zero-order valence-corrected chi connectivity index (χ0v) is 15.5. The predicted octanol–water partition coefficient (Wildman–Crippen LogP) is 3.77. The molecule has 0 spiro atoms. The third-order valence-corrected chi connectivity index (χ3v) is 4.39. The monoisotopic (exact) mass is 376 g/mol. The predicted molar refractivity (Wildman–Crippen MR) is 108 cm³/mol. The van der Waals surface area contributed by atoms with E-state index >= 15 is 0 Å². The molecule has 3 aromatic carbocycles. The largest absolute Gasteiger partial charge is 0.493 e. The number of rotatable bonds is 5. The van der Waals surface area contributed by atoms with E-state index in [2.05, 4.69) is 10.5 Å². The summed E-state index contributed by atoms with van der Waals surface area (Å²) in [4.78, 5) is 12.4. The number of hydrogen-bond acceptors (Lipinski definition) is 5. The van der Waals surface area contributed by atoms with Crippen molar-refractivity contribution < 1.29 is 19.0 Å². The van der Waals surface area contributed by atoms with E-state index in [-0.39, 0.29) is 5.91 Å². The van der Waals surface area contributed by atoms with Gasteiger partial charge in [0, 0.05) is 11.1 Å². The van der Waals surface area contributed by atoms with Crippen LogP contribution in [0.5, 0.6) is 17.2 Å². The molecule has 0 unspecified atom stereocenters. The maximum atomic E-state index is 12.4. The third kappa shape index (κ3) is 3.62. The van der Waals surface area contributed by atoms with E-state index in [0.29, 0.717) is 36.9 Å². The summed E-state index contributed by atoms with van der Waals surface area (Å²) in [6, 6.07) is 16.9. The van der Waals surface area contributed by atoms with Crippen LogP contribution >= 0.6 is 0 Å². The number of ether oxygens (including phenoxy) is 3. The lowest BCUT2D eigenvalue weighted by molar-refractivity contribution is 0.0954. The molecule has 0 aliphatic carbocycles. The van der Waals surface area contributed by atoms with Gasteiger partial charge in [-0.25, -0.2) is 5.43 Å². The Morgan fingerprint density at radius 2 is 1.93 bits per heavy atom. The minimum absolute atomic E-state index is 0.327. The summed E-state index contributed by atoms with van der Waals surface area (Å²) in [5.74, 6) is 1.60. The molecule has 1 aliphatic rings. The number of benzene rings is 3. The summed E-state index contributed by atoms with van der Waals surface area (Å²) in [5.41, 5.74) is 3.84. The Morgan fingerprint density at radius 1 is 1.11 bits per heavy atom. The topological polar surface area (TPSA) is 69.2 Å². The first-order valence-corrected chi connectivity index (χ1v) is 9.14. The van der Waals surface area contributed by atoms with Crippen LogP contribution in [0.15, 0.2) is 59.7 Å². The van der Waals surface area contributed by atoms with Gasteiger partial charge in [0.05, 0.1) is 12.8 Å².